The molecule has 2 N–H and O–H groups in total. The number of carbonyl (C=O) groups is 2. The fraction of sp³-hybridized carbons (Fsp3) is 0.857. The van der Waals surface area contributed by atoms with Crippen LogP contribution in [-0.2, 0) is 4.79 Å². The Balaban J connectivity index is 2.03. The van der Waals surface area contributed by atoms with Crippen molar-refractivity contribution in [3.63, 3.8) is 0 Å². The third-order valence-corrected chi connectivity index (χ3v) is 3.70. The molecule has 1 saturated heterocycles. The van der Waals surface area contributed by atoms with Crippen molar-refractivity contribution < 1.29 is 14.7 Å². The molecular weight excluding hydrogens is 244 g/mol. The van der Waals surface area contributed by atoms with Crippen LogP contribution in [0.25, 0.3) is 0 Å². The topological polar surface area (TPSA) is 69.6 Å². The number of aliphatic carboxylic acids is 1. The van der Waals surface area contributed by atoms with Crippen LogP contribution < -0.4 is 5.32 Å². The zero-order chi connectivity index (χ0) is 14.1. The van der Waals surface area contributed by atoms with Gasteiger partial charge in [0.2, 0.25) is 0 Å². The molecule has 2 amide bonds. The lowest BCUT2D eigenvalue weighted by Gasteiger charge is -2.23. The molecule has 1 atom stereocenters. The van der Waals surface area contributed by atoms with Gasteiger partial charge in [-0.25, -0.2) is 4.79 Å². The molecule has 0 aromatic carbocycles. The highest BCUT2D eigenvalue weighted by atomic mass is 16.4. The third-order valence-electron chi connectivity index (χ3n) is 3.70. The second-order valence-electron chi connectivity index (χ2n) is 5.19. The number of carboxylic acids is 1. The molecule has 0 bridgehead atoms. The van der Waals surface area contributed by atoms with E-state index in [4.69, 9.17) is 5.11 Å². The van der Waals surface area contributed by atoms with Crippen molar-refractivity contribution in [1.29, 1.82) is 0 Å². The van der Waals surface area contributed by atoms with Crippen LogP contribution in [0.1, 0.15) is 58.3 Å². The summed E-state index contributed by atoms with van der Waals surface area (Å²) >= 11 is 0. The first-order valence-electron chi connectivity index (χ1n) is 7.41. The first-order valence-corrected chi connectivity index (χ1v) is 7.41. The molecule has 0 aliphatic carbocycles. The smallest absolute Gasteiger partial charge is 0.317 e. The Morgan fingerprint density at radius 2 is 2.00 bits per heavy atom. The van der Waals surface area contributed by atoms with Gasteiger partial charge in [-0.2, -0.15) is 0 Å². The van der Waals surface area contributed by atoms with Crippen LogP contribution >= 0.6 is 0 Å². The first-order chi connectivity index (χ1) is 9.15. The number of nitrogens with one attached hydrogen (secondary N) is 1. The monoisotopic (exact) mass is 270 g/mol. The predicted molar refractivity (Wildman–Crippen MR) is 74.1 cm³/mol. The van der Waals surface area contributed by atoms with Crippen LogP contribution in [0.5, 0.6) is 0 Å². The average molecular weight is 270 g/mol. The Hall–Kier alpha value is -1.26. The number of carboxylic acid groups (broad SMARTS) is 1. The van der Waals surface area contributed by atoms with E-state index in [0.29, 0.717) is 12.6 Å². The van der Waals surface area contributed by atoms with E-state index in [-0.39, 0.29) is 12.5 Å². The van der Waals surface area contributed by atoms with Crippen molar-refractivity contribution in [3.05, 3.63) is 0 Å². The van der Waals surface area contributed by atoms with Crippen molar-refractivity contribution in [1.82, 2.24) is 10.2 Å². The normalized spacial score (nSPS) is 18.6. The Labute approximate surface area is 115 Å². The molecule has 0 saturated carbocycles. The molecule has 1 aliphatic heterocycles. The van der Waals surface area contributed by atoms with Crippen LogP contribution in [0, 0.1) is 0 Å². The van der Waals surface area contributed by atoms with Crippen molar-refractivity contribution in [2.75, 3.05) is 13.1 Å². The highest BCUT2D eigenvalue weighted by Crippen LogP contribution is 2.19. The van der Waals surface area contributed by atoms with E-state index in [9.17, 15) is 9.59 Å². The Morgan fingerprint density at radius 3 is 2.68 bits per heavy atom. The summed E-state index contributed by atoms with van der Waals surface area (Å²) in [6.45, 7) is 3.69. The SMILES string of the molecule is CCC1CCCN1C(=O)NCCCCCCC(=O)O. The molecule has 19 heavy (non-hydrogen) atoms. The van der Waals surface area contributed by atoms with Gasteiger partial charge in [0.15, 0.2) is 0 Å². The van der Waals surface area contributed by atoms with Crippen LogP contribution in [0.15, 0.2) is 0 Å². The van der Waals surface area contributed by atoms with Gasteiger partial charge in [-0.15, -0.1) is 0 Å². The summed E-state index contributed by atoms with van der Waals surface area (Å²) in [5.74, 6) is -0.729. The summed E-state index contributed by atoms with van der Waals surface area (Å²) in [6.07, 6.45) is 7.07. The molecule has 1 heterocycles. The highest BCUT2D eigenvalue weighted by molar-refractivity contribution is 5.74. The second-order valence-corrected chi connectivity index (χ2v) is 5.19. The third kappa shape index (κ3) is 5.94. The van der Waals surface area contributed by atoms with E-state index < -0.39 is 5.97 Å². The second kappa shape index (κ2) is 8.77. The number of hydrogen-bond donors (Lipinski definition) is 2. The zero-order valence-electron chi connectivity index (χ0n) is 11.9. The summed E-state index contributed by atoms with van der Waals surface area (Å²) in [7, 11) is 0. The van der Waals surface area contributed by atoms with Gasteiger partial charge in [0.05, 0.1) is 0 Å². The van der Waals surface area contributed by atoms with Crippen molar-refractivity contribution in [2.45, 2.75) is 64.3 Å². The molecule has 0 aromatic rings. The molecule has 1 rings (SSSR count). The van der Waals surface area contributed by atoms with Gasteiger partial charge >= 0.3 is 12.0 Å². The predicted octanol–water partition coefficient (Wildman–Crippen LogP) is 2.61. The lowest BCUT2D eigenvalue weighted by Crippen LogP contribution is -2.42. The number of amides is 2. The quantitative estimate of drug-likeness (QED) is 0.666. The van der Waals surface area contributed by atoms with E-state index >= 15 is 0 Å². The standard InChI is InChI=1S/C14H26N2O3/c1-2-12-8-7-11-16(12)14(19)15-10-6-4-3-5-9-13(17)18/h12H,2-11H2,1H3,(H,15,19)(H,17,18). The fourth-order valence-electron chi connectivity index (χ4n) is 2.58. The number of carbonyl (C=O) groups excluding carboxylic acids is 1. The number of unbranched alkanes of at least 4 members (excludes halogenated alkanes) is 3. The molecule has 0 spiro atoms. The Bertz CT molecular complexity index is 294. The minimum atomic E-state index is -0.729. The maximum Gasteiger partial charge on any atom is 0.317 e. The first kappa shape index (κ1) is 15.8. The highest BCUT2D eigenvalue weighted by Gasteiger charge is 2.26. The minimum absolute atomic E-state index is 0.0647. The van der Waals surface area contributed by atoms with Crippen molar-refractivity contribution in [3.8, 4) is 0 Å². The van der Waals surface area contributed by atoms with Gasteiger partial charge in [-0.05, 0) is 32.1 Å². The van der Waals surface area contributed by atoms with E-state index in [2.05, 4.69) is 12.2 Å². The number of likely N-dealkylation sites (tertiary alicyclic amines) is 1. The van der Waals surface area contributed by atoms with Crippen LogP contribution in [0.3, 0.4) is 0 Å². The molecule has 5 nitrogen and oxygen atoms in total. The van der Waals surface area contributed by atoms with Crippen molar-refractivity contribution >= 4 is 12.0 Å². The molecule has 5 heteroatoms. The maximum absolute atomic E-state index is 11.9. The van der Waals surface area contributed by atoms with E-state index in [0.717, 1.165) is 51.5 Å². The summed E-state index contributed by atoms with van der Waals surface area (Å²) in [4.78, 5) is 24.2. The molecule has 1 fully saturated rings. The molecule has 0 aromatic heterocycles. The largest absolute Gasteiger partial charge is 0.481 e. The molecule has 110 valence electrons. The van der Waals surface area contributed by atoms with E-state index in [1.165, 1.54) is 0 Å². The van der Waals surface area contributed by atoms with Gasteiger partial charge in [0.25, 0.3) is 0 Å². The van der Waals surface area contributed by atoms with Crippen LogP contribution in [0.4, 0.5) is 4.79 Å². The maximum atomic E-state index is 11.9. The number of hydrogen-bond acceptors (Lipinski definition) is 2. The van der Waals surface area contributed by atoms with Crippen molar-refractivity contribution in [2.24, 2.45) is 0 Å². The number of urea groups is 1. The molecule has 0 radical (unpaired) electrons. The van der Waals surface area contributed by atoms with Gasteiger partial charge in [-0.3, -0.25) is 4.79 Å². The number of nitrogens with zero attached hydrogens (tertiary/aromatic N) is 1. The molecule has 1 aliphatic rings. The van der Waals surface area contributed by atoms with Gasteiger partial charge in [0, 0.05) is 25.6 Å². The fourth-order valence-corrected chi connectivity index (χ4v) is 2.58. The summed E-state index contributed by atoms with van der Waals surface area (Å²) in [5.41, 5.74) is 0. The molecule has 1 unspecified atom stereocenters. The summed E-state index contributed by atoms with van der Waals surface area (Å²) in [5, 5.41) is 11.5. The summed E-state index contributed by atoms with van der Waals surface area (Å²) in [6, 6.07) is 0.477. The average Bonchev–Trinajstić information content (AvgIpc) is 2.85. The lowest BCUT2D eigenvalue weighted by atomic mass is 10.1. The summed E-state index contributed by atoms with van der Waals surface area (Å²) < 4.78 is 0. The van der Waals surface area contributed by atoms with Crippen LogP contribution in [-0.4, -0.2) is 41.1 Å². The van der Waals surface area contributed by atoms with E-state index in [1.807, 2.05) is 4.90 Å². The van der Waals surface area contributed by atoms with Gasteiger partial charge < -0.3 is 15.3 Å². The minimum Gasteiger partial charge on any atom is -0.481 e. The van der Waals surface area contributed by atoms with E-state index in [1.54, 1.807) is 0 Å². The number of rotatable bonds is 8. The Kier molecular flexibility index (Phi) is 7.30. The molecular formula is C14H26N2O3. The van der Waals surface area contributed by atoms with Gasteiger partial charge in [-0.1, -0.05) is 19.8 Å². The van der Waals surface area contributed by atoms with Crippen LogP contribution in [0.2, 0.25) is 0 Å². The van der Waals surface area contributed by atoms with Gasteiger partial charge in [0.1, 0.15) is 0 Å². The Morgan fingerprint density at radius 1 is 1.26 bits per heavy atom. The lowest BCUT2D eigenvalue weighted by molar-refractivity contribution is -0.137. The zero-order valence-corrected chi connectivity index (χ0v) is 11.9.